The average Bonchev–Trinajstić information content (AvgIpc) is 2.88. The summed E-state index contributed by atoms with van der Waals surface area (Å²) in [5.74, 6) is 2.60. The molecule has 1 aliphatic heterocycles. The maximum Gasteiger partial charge on any atom is 0.237 e. The number of aromatic nitrogens is 1. The van der Waals surface area contributed by atoms with E-state index in [1.165, 1.54) is 5.56 Å². The molecule has 1 unspecified atom stereocenters. The van der Waals surface area contributed by atoms with Crippen molar-refractivity contribution in [2.45, 2.75) is 19.4 Å². The average molecular weight is 470 g/mol. The van der Waals surface area contributed by atoms with Gasteiger partial charge in [0, 0.05) is 29.6 Å². The van der Waals surface area contributed by atoms with Gasteiger partial charge < -0.3 is 15.4 Å². The number of nitriles is 1. The molecule has 0 radical (unpaired) electrons. The Morgan fingerprint density at radius 3 is 2.79 bits per heavy atom. The number of anilines is 1. The maximum atomic E-state index is 8.89. The molecule has 2 atom stereocenters. The zero-order valence-corrected chi connectivity index (χ0v) is 20.3. The van der Waals surface area contributed by atoms with Crippen LogP contribution in [0.2, 0.25) is 0 Å². The van der Waals surface area contributed by atoms with Crippen LogP contribution >= 0.6 is 9.24 Å². The van der Waals surface area contributed by atoms with Crippen molar-refractivity contribution in [1.82, 2.24) is 10.3 Å². The third-order valence-corrected chi connectivity index (χ3v) is 5.95. The van der Waals surface area contributed by atoms with Crippen LogP contribution < -0.4 is 15.4 Å². The van der Waals surface area contributed by atoms with E-state index >= 15 is 0 Å². The van der Waals surface area contributed by atoms with Gasteiger partial charge in [-0.05, 0) is 55.8 Å². The molecule has 0 saturated carbocycles. The standard InChI is InChI=1S/C27H28N5OP/c1-19(32-23-5-3-2-4-6-23)25(18-34)22-13-26-27(31-15-22)33-24(17-30-26)16-29-12-11-20-7-9-21(14-28)10-8-20/h2-10,13,15,18,24,29-30H,11-12,16-17,34H2,1H3/b25-18+,32-19?/t24-/m1/s1. The number of rotatable bonds is 8. The number of ether oxygens (including phenoxy) is 1. The second-order valence-electron chi connectivity index (χ2n) is 8.07. The minimum absolute atomic E-state index is 0.00457. The fraction of sp³-hybridized carbons (Fsp3) is 0.222. The number of fused-ring (bicyclic) bond motifs is 1. The molecule has 1 aromatic heterocycles. The first-order valence-electron chi connectivity index (χ1n) is 11.3. The van der Waals surface area contributed by atoms with Crippen LogP contribution in [0.15, 0.2) is 77.7 Å². The van der Waals surface area contributed by atoms with Crippen molar-refractivity contribution in [1.29, 1.82) is 5.26 Å². The number of allylic oxidation sites excluding steroid dienone is 1. The van der Waals surface area contributed by atoms with Gasteiger partial charge in [0.1, 0.15) is 6.10 Å². The summed E-state index contributed by atoms with van der Waals surface area (Å²) in [6.45, 7) is 4.28. The van der Waals surface area contributed by atoms with Gasteiger partial charge in [-0.15, -0.1) is 9.24 Å². The van der Waals surface area contributed by atoms with E-state index in [4.69, 9.17) is 15.0 Å². The molecule has 1 aliphatic rings. The molecule has 0 amide bonds. The van der Waals surface area contributed by atoms with E-state index in [-0.39, 0.29) is 6.10 Å². The lowest BCUT2D eigenvalue weighted by atomic mass is 10.0. The molecule has 3 aromatic rings. The number of hydrogen-bond acceptors (Lipinski definition) is 6. The zero-order chi connectivity index (χ0) is 23.8. The first-order chi connectivity index (χ1) is 16.7. The first kappa shape index (κ1) is 23.6. The van der Waals surface area contributed by atoms with E-state index < -0.39 is 0 Å². The van der Waals surface area contributed by atoms with Crippen LogP contribution in [0.3, 0.4) is 0 Å². The molecular formula is C27H28N5OP. The monoisotopic (exact) mass is 469 g/mol. The summed E-state index contributed by atoms with van der Waals surface area (Å²) in [6.07, 6.45) is 2.74. The highest BCUT2D eigenvalue weighted by molar-refractivity contribution is 7.21. The second kappa shape index (κ2) is 11.6. The van der Waals surface area contributed by atoms with Crippen LogP contribution in [0.5, 0.6) is 5.88 Å². The van der Waals surface area contributed by atoms with E-state index in [1.807, 2.05) is 73.5 Å². The Morgan fingerprint density at radius 2 is 2.06 bits per heavy atom. The highest BCUT2D eigenvalue weighted by atomic mass is 31.0. The van der Waals surface area contributed by atoms with Gasteiger partial charge in [0.05, 0.1) is 29.6 Å². The van der Waals surface area contributed by atoms with Crippen molar-refractivity contribution in [3.63, 3.8) is 0 Å². The minimum atomic E-state index is 0.00457. The Balaban J connectivity index is 1.32. The summed E-state index contributed by atoms with van der Waals surface area (Å²) in [4.78, 5) is 9.31. The van der Waals surface area contributed by atoms with Crippen molar-refractivity contribution < 1.29 is 4.74 Å². The molecule has 7 heteroatoms. The van der Waals surface area contributed by atoms with Crippen molar-refractivity contribution in [3.8, 4) is 11.9 Å². The smallest absolute Gasteiger partial charge is 0.237 e. The number of para-hydroxylation sites is 1. The van der Waals surface area contributed by atoms with Crippen LogP contribution in [0.1, 0.15) is 23.6 Å². The van der Waals surface area contributed by atoms with Crippen LogP contribution in [0.25, 0.3) is 5.57 Å². The predicted octanol–water partition coefficient (Wildman–Crippen LogP) is 4.97. The van der Waals surface area contributed by atoms with Crippen molar-refractivity contribution in [2.75, 3.05) is 25.0 Å². The highest BCUT2D eigenvalue weighted by Gasteiger charge is 2.21. The number of hydrogen-bond donors (Lipinski definition) is 2. The zero-order valence-electron chi connectivity index (χ0n) is 19.2. The minimum Gasteiger partial charge on any atom is -0.470 e. The van der Waals surface area contributed by atoms with Gasteiger partial charge in [-0.2, -0.15) is 5.26 Å². The summed E-state index contributed by atoms with van der Waals surface area (Å²) in [5.41, 5.74) is 6.63. The number of nitrogens with zero attached hydrogens (tertiary/aromatic N) is 3. The summed E-state index contributed by atoms with van der Waals surface area (Å²) in [6, 6.07) is 21.8. The van der Waals surface area contributed by atoms with E-state index in [0.29, 0.717) is 18.0 Å². The van der Waals surface area contributed by atoms with Gasteiger partial charge in [0.25, 0.3) is 0 Å². The van der Waals surface area contributed by atoms with Gasteiger partial charge in [-0.3, -0.25) is 4.99 Å². The van der Waals surface area contributed by atoms with Gasteiger partial charge in [-0.25, -0.2) is 4.98 Å². The Morgan fingerprint density at radius 1 is 1.26 bits per heavy atom. The lowest BCUT2D eigenvalue weighted by molar-refractivity contribution is 0.194. The lowest BCUT2D eigenvalue weighted by Crippen LogP contribution is -2.40. The third-order valence-electron chi connectivity index (χ3n) is 5.62. The quantitative estimate of drug-likeness (QED) is 0.277. The fourth-order valence-corrected chi connectivity index (χ4v) is 4.21. The van der Waals surface area contributed by atoms with E-state index in [1.54, 1.807) is 0 Å². The second-order valence-corrected chi connectivity index (χ2v) is 8.41. The lowest BCUT2D eigenvalue weighted by Gasteiger charge is -2.27. The van der Waals surface area contributed by atoms with E-state index in [9.17, 15) is 0 Å². The number of aliphatic imine (C=N–C) groups is 1. The van der Waals surface area contributed by atoms with Gasteiger partial charge in [-0.1, -0.05) is 36.1 Å². The summed E-state index contributed by atoms with van der Waals surface area (Å²) in [7, 11) is 2.67. The molecule has 0 spiro atoms. The topological polar surface area (TPSA) is 82.3 Å². The fourth-order valence-electron chi connectivity index (χ4n) is 3.78. The molecular weight excluding hydrogens is 441 g/mol. The number of pyridine rings is 1. The SMILES string of the molecule is CC(=Nc1ccccc1)/C(=C\P)c1cnc2c(c1)NC[C@@H](CNCCc1ccc(C#N)cc1)O2. The van der Waals surface area contributed by atoms with E-state index in [0.717, 1.165) is 47.7 Å². The summed E-state index contributed by atoms with van der Waals surface area (Å²) < 4.78 is 6.11. The van der Waals surface area contributed by atoms with Gasteiger partial charge in [0.15, 0.2) is 0 Å². The first-order valence-corrected chi connectivity index (χ1v) is 12.0. The summed E-state index contributed by atoms with van der Waals surface area (Å²) >= 11 is 0. The molecule has 2 aromatic carbocycles. The molecule has 0 fully saturated rings. The number of nitrogens with one attached hydrogen (secondary N) is 2. The molecule has 4 rings (SSSR count). The largest absolute Gasteiger partial charge is 0.470 e. The van der Waals surface area contributed by atoms with Gasteiger partial charge in [0.2, 0.25) is 5.88 Å². The molecule has 172 valence electrons. The van der Waals surface area contributed by atoms with Crippen LogP contribution in [-0.4, -0.2) is 36.4 Å². The Labute approximate surface area is 203 Å². The molecule has 2 N–H and O–H groups in total. The van der Waals surface area contributed by atoms with Crippen LogP contribution in [0.4, 0.5) is 11.4 Å². The van der Waals surface area contributed by atoms with Crippen LogP contribution in [-0.2, 0) is 6.42 Å². The molecule has 0 saturated heterocycles. The van der Waals surface area contributed by atoms with Crippen LogP contribution in [0, 0.1) is 11.3 Å². The predicted molar refractivity (Wildman–Crippen MR) is 142 cm³/mol. The molecule has 0 bridgehead atoms. The Hall–Kier alpha value is -3.52. The molecule has 2 heterocycles. The normalized spacial score (nSPS) is 15.6. The van der Waals surface area contributed by atoms with Crippen molar-refractivity contribution in [3.05, 3.63) is 89.4 Å². The maximum absolute atomic E-state index is 8.89. The molecule has 34 heavy (non-hydrogen) atoms. The van der Waals surface area contributed by atoms with Crippen molar-refractivity contribution >= 4 is 31.9 Å². The van der Waals surface area contributed by atoms with E-state index in [2.05, 4.69) is 37.0 Å². The molecule has 0 aliphatic carbocycles. The highest BCUT2D eigenvalue weighted by Crippen LogP contribution is 2.31. The van der Waals surface area contributed by atoms with Crippen molar-refractivity contribution in [2.24, 2.45) is 4.99 Å². The Bertz CT molecular complexity index is 1220. The third kappa shape index (κ3) is 6.08. The Kier molecular flexibility index (Phi) is 8.04. The van der Waals surface area contributed by atoms with Gasteiger partial charge >= 0.3 is 0 Å². The summed E-state index contributed by atoms with van der Waals surface area (Å²) in [5, 5.41) is 15.8. The number of benzene rings is 2. The molecule has 6 nitrogen and oxygen atoms in total.